The first-order chi connectivity index (χ1) is 21.9. The van der Waals surface area contributed by atoms with Gasteiger partial charge in [-0.25, -0.2) is 8.78 Å². The smallest absolute Gasteiger partial charge is 0.318 e. The van der Waals surface area contributed by atoms with Crippen LogP contribution in [0.3, 0.4) is 0 Å². The molecule has 0 spiro atoms. The zero-order valence-electron chi connectivity index (χ0n) is 25.1. The maximum Gasteiger partial charge on any atom is 0.318 e. The summed E-state index contributed by atoms with van der Waals surface area (Å²) in [5.74, 6) is 4.75. The molecule has 0 aliphatic carbocycles. The normalized spacial score (nSPS) is 21.7. The molecule has 0 radical (unpaired) electrons. The number of ether oxygens (including phenoxy) is 1. The number of fused-ring (bicyclic) bond motifs is 2. The largest absolute Gasteiger partial charge is 0.462 e. The quantitative estimate of drug-likeness (QED) is 0.374. The van der Waals surface area contributed by atoms with E-state index in [1.807, 2.05) is 42.3 Å². The summed E-state index contributed by atoms with van der Waals surface area (Å²) in [6.45, 7) is 2.04. The first kappa shape index (κ1) is 30.8. The van der Waals surface area contributed by atoms with Crippen LogP contribution < -0.4 is 14.5 Å². The predicted octanol–water partition coefficient (Wildman–Crippen LogP) is 4.17. The molecule has 0 N–H and O–H groups in total. The number of rotatable bonds is 6. The van der Waals surface area contributed by atoms with Gasteiger partial charge in [-0.2, -0.15) is 15.2 Å². The number of aromatic nitrogens is 2. The molecule has 2 aromatic carbocycles. The molecule has 45 heavy (non-hydrogen) atoms. The maximum atomic E-state index is 14.1. The molecule has 3 aliphatic heterocycles. The Morgan fingerprint density at radius 3 is 2.69 bits per heavy atom. The molecule has 6 rings (SSSR count). The Hall–Kier alpha value is -4.19. The number of amides is 1. The first-order valence-corrected chi connectivity index (χ1v) is 15.5. The molecule has 9 nitrogen and oxygen atoms in total. The van der Waals surface area contributed by atoms with Gasteiger partial charge < -0.3 is 19.4 Å². The molecule has 4 heterocycles. The van der Waals surface area contributed by atoms with E-state index in [9.17, 15) is 18.8 Å². The van der Waals surface area contributed by atoms with Crippen molar-refractivity contribution in [3.8, 4) is 23.9 Å². The molecule has 0 saturated carbocycles. The SMILES string of the molecule is CN1C[C@H](F)C[C@H]1COc1nc2c(c(N3CCN(C(=O)C#CCF)[C@@H](CC#N)C3)n1)CCN(c1cccc3cccc(Cl)c13)C2. The van der Waals surface area contributed by atoms with Crippen LogP contribution in [0.4, 0.5) is 20.3 Å². The van der Waals surface area contributed by atoms with Gasteiger partial charge in [0.1, 0.15) is 18.6 Å². The lowest BCUT2D eigenvalue weighted by atomic mass is 10.0. The number of likely N-dealkylation sites (tertiary alicyclic amines) is 1. The summed E-state index contributed by atoms with van der Waals surface area (Å²) < 4.78 is 32.8. The average Bonchev–Trinajstić information content (AvgIpc) is 3.38. The lowest BCUT2D eigenvalue weighted by Gasteiger charge is -2.41. The van der Waals surface area contributed by atoms with Gasteiger partial charge in [-0.3, -0.25) is 9.69 Å². The van der Waals surface area contributed by atoms with E-state index in [1.165, 1.54) is 0 Å². The van der Waals surface area contributed by atoms with Gasteiger partial charge in [0.05, 0.1) is 35.8 Å². The second-order valence-electron chi connectivity index (χ2n) is 11.7. The second kappa shape index (κ2) is 13.4. The Kier molecular flexibility index (Phi) is 9.20. The number of hydrogen-bond acceptors (Lipinski definition) is 8. The first-order valence-electron chi connectivity index (χ1n) is 15.1. The van der Waals surface area contributed by atoms with Crippen LogP contribution >= 0.6 is 11.6 Å². The number of carbonyl (C=O) groups excluding carboxylic acids is 1. The standard InChI is InChI=1S/C33H34ClF2N7O2/c1-40-18-23(36)17-25(40)21-45-33-38-28-20-41(29-8-3-6-22-5-2-7-27(34)31(22)29)14-11-26(28)32(39-33)42-15-16-43(24(19-42)10-13-37)30(44)9-4-12-35/h2-3,5-8,23-25H,10-12,14-21H2,1H3/t23-,24+,25+/m1/s1. The Bertz CT molecular complexity index is 1680. The van der Waals surface area contributed by atoms with E-state index in [0.29, 0.717) is 63.0 Å². The minimum absolute atomic E-state index is 0.0857. The van der Waals surface area contributed by atoms with E-state index >= 15 is 0 Å². The zero-order valence-corrected chi connectivity index (χ0v) is 25.8. The van der Waals surface area contributed by atoms with Crippen LogP contribution in [0.5, 0.6) is 6.01 Å². The van der Waals surface area contributed by atoms with E-state index in [2.05, 4.69) is 33.8 Å². The molecule has 1 aromatic heterocycles. The monoisotopic (exact) mass is 633 g/mol. The number of nitrogens with zero attached hydrogens (tertiary/aromatic N) is 7. The van der Waals surface area contributed by atoms with E-state index in [-0.39, 0.29) is 25.1 Å². The van der Waals surface area contributed by atoms with Gasteiger partial charge in [0.15, 0.2) is 6.67 Å². The molecule has 3 aromatic rings. The summed E-state index contributed by atoms with van der Waals surface area (Å²) in [6, 6.07) is 13.9. The van der Waals surface area contributed by atoms with Crippen LogP contribution in [0, 0.1) is 23.2 Å². The highest BCUT2D eigenvalue weighted by Gasteiger charge is 2.34. The van der Waals surface area contributed by atoms with Crippen LogP contribution in [0.2, 0.25) is 5.02 Å². The molecule has 0 unspecified atom stereocenters. The Labute approximate surface area is 266 Å². The average molecular weight is 634 g/mol. The predicted molar refractivity (Wildman–Crippen MR) is 169 cm³/mol. The number of hydrogen-bond donors (Lipinski definition) is 0. The lowest BCUT2D eigenvalue weighted by Crippen LogP contribution is -2.55. The molecule has 1 amide bonds. The van der Waals surface area contributed by atoms with Crippen molar-refractivity contribution in [1.82, 2.24) is 19.8 Å². The summed E-state index contributed by atoms with van der Waals surface area (Å²) >= 11 is 6.67. The fourth-order valence-electron chi connectivity index (χ4n) is 6.61. The van der Waals surface area contributed by atoms with Gasteiger partial charge in [0.25, 0.3) is 5.91 Å². The Morgan fingerprint density at radius 2 is 1.93 bits per heavy atom. The number of likely N-dealkylation sites (N-methyl/N-ethyl adjacent to an activating group) is 1. The van der Waals surface area contributed by atoms with Crippen molar-refractivity contribution in [2.75, 3.05) is 62.9 Å². The number of anilines is 2. The lowest BCUT2D eigenvalue weighted by molar-refractivity contribution is -0.127. The third kappa shape index (κ3) is 6.47. The van der Waals surface area contributed by atoms with Crippen molar-refractivity contribution >= 4 is 39.8 Å². The van der Waals surface area contributed by atoms with Crippen molar-refractivity contribution in [3.05, 3.63) is 52.7 Å². The third-order valence-electron chi connectivity index (χ3n) is 8.87. The summed E-state index contributed by atoms with van der Waals surface area (Å²) in [7, 11) is 1.88. The molecule has 12 heteroatoms. The van der Waals surface area contributed by atoms with Crippen molar-refractivity contribution in [2.24, 2.45) is 0 Å². The van der Waals surface area contributed by atoms with Crippen molar-refractivity contribution < 1.29 is 18.3 Å². The second-order valence-corrected chi connectivity index (χ2v) is 12.1. The van der Waals surface area contributed by atoms with Crippen molar-refractivity contribution in [2.45, 2.75) is 44.1 Å². The van der Waals surface area contributed by atoms with Gasteiger partial charge in [-0.1, -0.05) is 41.8 Å². The minimum Gasteiger partial charge on any atom is -0.462 e. The topological polar surface area (TPSA) is 88.8 Å². The van der Waals surface area contributed by atoms with Crippen molar-refractivity contribution in [3.63, 3.8) is 0 Å². The number of piperazine rings is 1. The molecule has 3 atom stereocenters. The van der Waals surface area contributed by atoms with Crippen LogP contribution in [-0.2, 0) is 17.8 Å². The fraction of sp³-hybridized carbons (Fsp3) is 0.455. The van der Waals surface area contributed by atoms with Gasteiger partial charge in [-0.05, 0) is 43.3 Å². The maximum absolute atomic E-state index is 14.1. The molecular formula is C33H34ClF2N7O2. The van der Waals surface area contributed by atoms with Crippen LogP contribution in [-0.4, -0.2) is 97.0 Å². The van der Waals surface area contributed by atoms with Crippen LogP contribution in [0.1, 0.15) is 24.1 Å². The van der Waals surface area contributed by atoms with E-state index < -0.39 is 24.8 Å². The number of alkyl halides is 2. The fourth-order valence-corrected chi connectivity index (χ4v) is 6.89. The molecule has 234 valence electrons. The molecule has 2 fully saturated rings. The number of halogens is 3. The van der Waals surface area contributed by atoms with Crippen LogP contribution in [0.15, 0.2) is 36.4 Å². The van der Waals surface area contributed by atoms with Gasteiger partial charge >= 0.3 is 6.01 Å². The van der Waals surface area contributed by atoms with E-state index in [1.54, 1.807) is 4.90 Å². The van der Waals surface area contributed by atoms with E-state index in [0.717, 1.165) is 27.7 Å². The van der Waals surface area contributed by atoms with Gasteiger partial charge in [0, 0.05) is 55.4 Å². The Morgan fingerprint density at radius 1 is 1.11 bits per heavy atom. The molecule has 0 bridgehead atoms. The summed E-state index contributed by atoms with van der Waals surface area (Å²) in [6.07, 6.45) is 0.256. The van der Waals surface area contributed by atoms with Gasteiger partial charge in [-0.15, -0.1) is 0 Å². The third-order valence-corrected chi connectivity index (χ3v) is 9.18. The zero-order chi connectivity index (χ0) is 31.5. The highest BCUT2D eigenvalue weighted by Crippen LogP contribution is 2.37. The Balaban J connectivity index is 1.33. The number of carbonyl (C=O) groups is 1. The minimum atomic E-state index is -0.908. The summed E-state index contributed by atoms with van der Waals surface area (Å²) in [5.41, 5.74) is 2.82. The number of nitriles is 1. The highest BCUT2D eigenvalue weighted by atomic mass is 35.5. The summed E-state index contributed by atoms with van der Waals surface area (Å²) in [5, 5.41) is 12.3. The van der Waals surface area contributed by atoms with E-state index in [4.69, 9.17) is 26.3 Å². The summed E-state index contributed by atoms with van der Waals surface area (Å²) in [4.78, 5) is 30.2. The number of benzene rings is 2. The highest BCUT2D eigenvalue weighted by molar-refractivity contribution is 6.36. The van der Waals surface area contributed by atoms with Crippen LogP contribution in [0.25, 0.3) is 10.8 Å². The van der Waals surface area contributed by atoms with Crippen molar-refractivity contribution in [1.29, 1.82) is 5.26 Å². The molecule has 3 aliphatic rings. The molecular weight excluding hydrogens is 600 g/mol. The molecule has 2 saturated heterocycles. The van der Waals surface area contributed by atoms with Gasteiger partial charge in [0.2, 0.25) is 0 Å².